The second-order valence-electron chi connectivity index (χ2n) is 5.25. The highest BCUT2D eigenvalue weighted by atomic mass is 32.1. The van der Waals surface area contributed by atoms with Gasteiger partial charge < -0.3 is 15.4 Å². The van der Waals surface area contributed by atoms with Gasteiger partial charge in [0.1, 0.15) is 4.99 Å². The molecule has 0 saturated carbocycles. The van der Waals surface area contributed by atoms with Gasteiger partial charge in [0.2, 0.25) is 0 Å². The summed E-state index contributed by atoms with van der Waals surface area (Å²) in [6.07, 6.45) is 3.90. The SMILES string of the molecule is Cc1ccc(N(C)CC2CCCCO2)c(C(N)=S)c1. The molecule has 1 saturated heterocycles. The summed E-state index contributed by atoms with van der Waals surface area (Å²) >= 11 is 5.15. The Balaban J connectivity index is 2.13. The average Bonchev–Trinajstić information content (AvgIpc) is 2.39. The van der Waals surface area contributed by atoms with E-state index in [1.807, 2.05) is 0 Å². The summed E-state index contributed by atoms with van der Waals surface area (Å²) in [5.74, 6) is 0. The molecule has 1 atom stereocenters. The van der Waals surface area contributed by atoms with Crippen molar-refractivity contribution in [1.82, 2.24) is 0 Å². The van der Waals surface area contributed by atoms with Crippen LogP contribution in [-0.2, 0) is 4.74 Å². The van der Waals surface area contributed by atoms with Crippen LogP contribution in [0.25, 0.3) is 0 Å². The molecule has 1 aliphatic rings. The lowest BCUT2D eigenvalue weighted by Crippen LogP contribution is -2.34. The molecule has 0 aliphatic carbocycles. The summed E-state index contributed by atoms with van der Waals surface area (Å²) < 4.78 is 5.79. The summed E-state index contributed by atoms with van der Waals surface area (Å²) in [4.78, 5) is 2.65. The van der Waals surface area contributed by atoms with Crippen molar-refractivity contribution in [1.29, 1.82) is 0 Å². The van der Waals surface area contributed by atoms with Crippen molar-refractivity contribution in [3.8, 4) is 0 Å². The minimum absolute atomic E-state index is 0.319. The number of nitrogens with two attached hydrogens (primary N) is 1. The maximum absolute atomic E-state index is 5.83. The van der Waals surface area contributed by atoms with Crippen molar-refractivity contribution in [2.75, 3.05) is 25.1 Å². The van der Waals surface area contributed by atoms with E-state index in [4.69, 9.17) is 22.7 Å². The topological polar surface area (TPSA) is 38.5 Å². The van der Waals surface area contributed by atoms with E-state index >= 15 is 0 Å². The number of nitrogens with zero attached hydrogens (tertiary/aromatic N) is 1. The first-order chi connectivity index (χ1) is 9.08. The highest BCUT2D eigenvalue weighted by Crippen LogP contribution is 2.23. The van der Waals surface area contributed by atoms with E-state index in [1.54, 1.807) is 0 Å². The summed E-state index contributed by atoms with van der Waals surface area (Å²) in [7, 11) is 2.07. The van der Waals surface area contributed by atoms with Crippen LogP contribution in [-0.4, -0.2) is 31.3 Å². The van der Waals surface area contributed by atoms with E-state index in [-0.39, 0.29) is 0 Å². The first-order valence-corrected chi connectivity index (χ1v) is 7.22. The van der Waals surface area contributed by atoms with Gasteiger partial charge in [0.05, 0.1) is 6.10 Å². The molecule has 1 aliphatic heterocycles. The fraction of sp³-hybridized carbons (Fsp3) is 0.533. The fourth-order valence-electron chi connectivity index (χ4n) is 2.54. The van der Waals surface area contributed by atoms with E-state index in [0.717, 1.165) is 30.8 Å². The third-order valence-electron chi connectivity index (χ3n) is 3.58. The number of likely N-dealkylation sites (N-methyl/N-ethyl adjacent to an activating group) is 1. The molecule has 4 heteroatoms. The van der Waals surface area contributed by atoms with Crippen molar-refractivity contribution in [2.45, 2.75) is 32.3 Å². The molecule has 0 bridgehead atoms. The van der Waals surface area contributed by atoms with Crippen LogP contribution in [0.1, 0.15) is 30.4 Å². The Kier molecular flexibility index (Phi) is 4.77. The van der Waals surface area contributed by atoms with Crippen molar-refractivity contribution >= 4 is 22.9 Å². The monoisotopic (exact) mass is 278 g/mol. The Morgan fingerprint density at radius 3 is 2.89 bits per heavy atom. The Labute approximate surface area is 120 Å². The Morgan fingerprint density at radius 2 is 2.26 bits per heavy atom. The molecule has 2 N–H and O–H groups in total. The van der Waals surface area contributed by atoms with Crippen LogP contribution in [0.3, 0.4) is 0 Å². The minimum Gasteiger partial charge on any atom is -0.389 e. The molecule has 2 rings (SSSR count). The Morgan fingerprint density at radius 1 is 1.47 bits per heavy atom. The van der Waals surface area contributed by atoms with Gasteiger partial charge >= 0.3 is 0 Å². The smallest absolute Gasteiger partial charge is 0.106 e. The van der Waals surface area contributed by atoms with Crippen molar-refractivity contribution in [3.63, 3.8) is 0 Å². The second-order valence-corrected chi connectivity index (χ2v) is 5.69. The van der Waals surface area contributed by atoms with Crippen LogP contribution in [0.5, 0.6) is 0 Å². The molecular formula is C15H22N2OS. The van der Waals surface area contributed by atoms with Gasteiger partial charge in [-0.2, -0.15) is 0 Å². The van der Waals surface area contributed by atoms with E-state index in [0.29, 0.717) is 11.1 Å². The zero-order chi connectivity index (χ0) is 13.8. The number of ether oxygens (including phenoxy) is 1. The van der Waals surface area contributed by atoms with E-state index in [2.05, 4.69) is 37.1 Å². The summed E-state index contributed by atoms with van der Waals surface area (Å²) in [6.45, 7) is 3.82. The van der Waals surface area contributed by atoms with E-state index in [1.165, 1.54) is 18.4 Å². The van der Waals surface area contributed by atoms with Crippen LogP contribution >= 0.6 is 12.2 Å². The molecule has 1 fully saturated rings. The highest BCUT2D eigenvalue weighted by Gasteiger charge is 2.18. The molecule has 0 aromatic heterocycles. The van der Waals surface area contributed by atoms with Crippen LogP contribution in [0, 0.1) is 6.92 Å². The standard InChI is InChI=1S/C15H22N2OS/c1-11-6-7-14(13(9-11)15(16)19)17(2)10-12-5-3-4-8-18-12/h6-7,9,12H,3-5,8,10H2,1-2H3,(H2,16,19). The number of anilines is 1. The molecule has 0 spiro atoms. The normalized spacial score (nSPS) is 19.2. The molecule has 1 heterocycles. The number of aryl methyl sites for hydroxylation is 1. The minimum atomic E-state index is 0.319. The molecule has 0 radical (unpaired) electrons. The third kappa shape index (κ3) is 3.67. The molecular weight excluding hydrogens is 256 g/mol. The maximum Gasteiger partial charge on any atom is 0.106 e. The first kappa shape index (κ1) is 14.3. The number of hydrogen-bond acceptors (Lipinski definition) is 3. The predicted octanol–water partition coefficient (Wildman–Crippen LogP) is 2.63. The Bertz CT molecular complexity index is 455. The third-order valence-corrected chi connectivity index (χ3v) is 3.80. The molecule has 19 heavy (non-hydrogen) atoms. The van der Waals surface area contributed by atoms with E-state index in [9.17, 15) is 0 Å². The summed E-state index contributed by atoms with van der Waals surface area (Å²) in [6, 6.07) is 6.23. The number of rotatable bonds is 4. The fourth-order valence-corrected chi connectivity index (χ4v) is 2.70. The van der Waals surface area contributed by atoms with Gasteiger partial charge in [0, 0.05) is 31.5 Å². The second kappa shape index (κ2) is 6.35. The van der Waals surface area contributed by atoms with Gasteiger partial charge in [-0.3, -0.25) is 0 Å². The largest absolute Gasteiger partial charge is 0.389 e. The zero-order valence-corrected chi connectivity index (χ0v) is 12.5. The molecule has 1 unspecified atom stereocenters. The molecule has 3 nitrogen and oxygen atoms in total. The quantitative estimate of drug-likeness (QED) is 0.859. The zero-order valence-electron chi connectivity index (χ0n) is 11.7. The summed E-state index contributed by atoms with van der Waals surface area (Å²) in [5.41, 5.74) is 9.05. The molecule has 104 valence electrons. The van der Waals surface area contributed by atoms with Gasteiger partial charge in [-0.15, -0.1) is 0 Å². The number of hydrogen-bond donors (Lipinski definition) is 1. The lowest BCUT2D eigenvalue weighted by Gasteiger charge is -2.29. The molecule has 1 aromatic carbocycles. The van der Waals surface area contributed by atoms with Gasteiger partial charge in [-0.05, 0) is 38.3 Å². The number of benzene rings is 1. The predicted molar refractivity (Wildman–Crippen MR) is 83.9 cm³/mol. The van der Waals surface area contributed by atoms with Crippen molar-refractivity contribution in [3.05, 3.63) is 29.3 Å². The Hall–Kier alpha value is -1.13. The van der Waals surface area contributed by atoms with Crippen LogP contribution < -0.4 is 10.6 Å². The lowest BCUT2D eigenvalue weighted by atomic mass is 10.1. The van der Waals surface area contributed by atoms with Gasteiger partial charge in [-0.1, -0.05) is 23.8 Å². The molecule has 1 aromatic rings. The van der Waals surface area contributed by atoms with Crippen LogP contribution in [0.15, 0.2) is 18.2 Å². The van der Waals surface area contributed by atoms with Gasteiger partial charge in [0.25, 0.3) is 0 Å². The van der Waals surface area contributed by atoms with Crippen molar-refractivity contribution in [2.24, 2.45) is 5.73 Å². The van der Waals surface area contributed by atoms with Gasteiger partial charge in [0.15, 0.2) is 0 Å². The summed E-state index contributed by atoms with van der Waals surface area (Å²) in [5, 5.41) is 0. The maximum atomic E-state index is 5.83. The number of thiocarbonyl (C=S) groups is 1. The van der Waals surface area contributed by atoms with Crippen molar-refractivity contribution < 1.29 is 4.74 Å². The highest BCUT2D eigenvalue weighted by molar-refractivity contribution is 7.80. The lowest BCUT2D eigenvalue weighted by molar-refractivity contribution is 0.0216. The molecule has 0 amide bonds. The van der Waals surface area contributed by atoms with Crippen LogP contribution in [0.4, 0.5) is 5.69 Å². The van der Waals surface area contributed by atoms with Crippen LogP contribution in [0.2, 0.25) is 0 Å². The van der Waals surface area contributed by atoms with E-state index < -0.39 is 0 Å². The first-order valence-electron chi connectivity index (χ1n) is 6.81. The van der Waals surface area contributed by atoms with Gasteiger partial charge in [-0.25, -0.2) is 0 Å². The average molecular weight is 278 g/mol.